The smallest absolute Gasteiger partial charge is 0.209 e. The molecule has 1 heterocycles. The molecule has 2 rings (SSSR count). The van der Waals surface area contributed by atoms with Gasteiger partial charge in [0, 0.05) is 18.9 Å². The Morgan fingerprint density at radius 3 is 2.60 bits per heavy atom. The van der Waals surface area contributed by atoms with Gasteiger partial charge in [0.05, 0.1) is 11.4 Å². The van der Waals surface area contributed by atoms with E-state index in [1.54, 1.807) is 10.9 Å². The molecule has 2 aromatic rings. The van der Waals surface area contributed by atoms with Gasteiger partial charge in [-0.1, -0.05) is 12.1 Å². The molecule has 0 aliphatic carbocycles. The second-order valence-corrected chi connectivity index (χ2v) is 6.25. The summed E-state index contributed by atoms with van der Waals surface area (Å²) in [7, 11) is -3.35. The molecule has 0 aliphatic heterocycles. The number of primary sulfonamides is 1. The normalized spacial score (nSPS) is 11.7. The van der Waals surface area contributed by atoms with Crippen LogP contribution >= 0.6 is 0 Å². The molecule has 0 radical (unpaired) electrons. The number of hydrogen-bond acceptors (Lipinski definition) is 4. The van der Waals surface area contributed by atoms with E-state index in [-0.39, 0.29) is 5.75 Å². The number of sulfonamides is 1. The van der Waals surface area contributed by atoms with E-state index < -0.39 is 10.0 Å². The highest BCUT2D eigenvalue weighted by molar-refractivity contribution is 7.89. The molecule has 1 aromatic heterocycles. The standard InChI is InChI=1S/C13H18N4O2S/c14-20(18,19)10-2-7-15-11-12-3-5-13(6-4-12)17-9-1-8-16-17/h1,3-6,8-9,15H,2,7,10-11H2,(H2,14,18,19). The Hall–Kier alpha value is -1.70. The predicted octanol–water partition coefficient (Wildman–Crippen LogP) is 0.641. The van der Waals surface area contributed by atoms with E-state index in [1.165, 1.54) is 0 Å². The average molecular weight is 294 g/mol. The predicted molar refractivity (Wildman–Crippen MR) is 77.9 cm³/mol. The summed E-state index contributed by atoms with van der Waals surface area (Å²) in [6.07, 6.45) is 4.14. The Bertz CT molecular complexity index is 621. The van der Waals surface area contributed by atoms with Crippen LogP contribution in [0.3, 0.4) is 0 Å². The third-order valence-electron chi connectivity index (χ3n) is 2.82. The Kier molecular flexibility index (Phi) is 4.89. The second kappa shape index (κ2) is 6.65. The van der Waals surface area contributed by atoms with E-state index in [9.17, 15) is 8.42 Å². The lowest BCUT2D eigenvalue weighted by Gasteiger charge is -2.06. The SMILES string of the molecule is NS(=O)(=O)CCCNCc1ccc(-n2cccn2)cc1. The summed E-state index contributed by atoms with van der Waals surface area (Å²) in [5, 5.41) is 12.3. The fourth-order valence-electron chi connectivity index (χ4n) is 1.82. The first-order valence-corrected chi connectivity index (χ1v) is 8.06. The van der Waals surface area contributed by atoms with Crippen LogP contribution in [0, 0.1) is 0 Å². The molecule has 0 spiro atoms. The van der Waals surface area contributed by atoms with Gasteiger partial charge in [-0.3, -0.25) is 0 Å². The van der Waals surface area contributed by atoms with Crippen molar-refractivity contribution < 1.29 is 8.42 Å². The third kappa shape index (κ3) is 4.76. The average Bonchev–Trinajstić information content (AvgIpc) is 2.92. The summed E-state index contributed by atoms with van der Waals surface area (Å²) >= 11 is 0. The molecule has 108 valence electrons. The molecule has 7 heteroatoms. The van der Waals surface area contributed by atoms with Crippen LogP contribution in [0.15, 0.2) is 42.7 Å². The Labute approximate surface area is 118 Å². The van der Waals surface area contributed by atoms with Crippen LogP contribution in [-0.4, -0.2) is 30.5 Å². The van der Waals surface area contributed by atoms with Crippen molar-refractivity contribution in [1.82, 2.24) is 15.1 Å². The van der Waals surface area contributed by atoms with Gasteiger partial charge >= 0.3 is 0 Å². The molecule has 0 bridgehead atoms. The summed E-state index contributed by atoms with van der Waals surface area (Å²) in [6, 6.07) is 9.90. The summed E-state index contributed by atoms with van der Waals surface area (Å²) in [4.78, 5) is 0. The monoisotopic (exact) mass is 294 g/mol. The van der Waals surface area contributed by atoms with Crippen molar-refractivity contribution >= 4 is 10.0 Å². The number of nitrogens with one attached hydrogen (secondary N) is 1. The van der Waals surface area contributed by atoms with E-state index in [0.29, 0.717) is 19.5 Å². The van der Waals surface area contributed by atoms with Crippen LogP contribution in [0.5, 0.6) is 0 Å². The first kappa shape index (κ1) is 14.7. The fraction of sp³-hybridized carbons (Fsp3) is 0.308. The highest BCUT2D eigenvalue weighted by Crippen LogP contribution is 2.08. The van der Waals surface area contributed by atoms with Gasteiger partial charge in [0.2, 0.25) is 10.0 Å². The van der Waals surface area contributed by atoms with Crippen molar-refractivity contribution in [2.24, 2.45) is 5.14 Å². The minimum atomic E-state index is -3.35. The second-order valence-electron chi connectivity index (χ2n) is 4.51. The van der Waals surface area contributed by atoms with Gasteiger partial charge in [-0.05, 0) is 36.7 Å². The van der Waals surface area contributed by atoms with Gasteiger partial charge < -0.3 is 5.32 Å². The number of benzene rings is 1. The molecule has 1 aromatic carbocycles. The van der Waals surface area contributed by atoms with Gasteiger partial charge in [0.25, 0.3) is 0 Å². The van der Waals surface area contributed by atoms with Crippen LogP contribution < -0.4 is 10.5 Å². The third-order valence-corrected chi connectivity index (χ3v) is 3.67. The summed E-state index contributed by atoms with van der Waals surface area (Å²) in [5.74, 6) is 0.0121. The maximum absolute atomic E-state index is 10.8. The zero-order chi connectivity index (χ0) is 14.4. The minimum Gasteiger partial charge on any atom is -0.313 e. The fourth-order valence-corrected chi connectivity index (χ4v) is 2.37. The number of nitrogens with zero attached hydrogens (tertiary/aromatic N) is 2. The Morgan fingerprint density at radius 2 is 2.00 bits per heavy atom. The van der Waals surface area contributed by atoms with E-state index in [2.05, 4.69) is 10.4 Å². The maximum atomic E-state index is 10.8. The Morgan fingerprint density at radius 1 is 1.25 bits per heavy atom. The van der Waals surface area contributed by atoms with Crippen LogP contribution in [0.1, 0.15) is 12.0 Å². The van der Waals surface area contributed by atoms with Crippen LogP contribution in [0.25, 0.3) is 5.69 Å². The van der Waals surface area contributed by atoms with Crippen molar-refractivity contribution in [2.75, 3.05) is 12.3 Å². The van der Waals surface area contributed by atoms with Gasteiger partial charge in [0.15, 0.2) is 0 Å². The van der Waals surface area contributed by atoms with Crippen molar-refractivity contribution in [3.05, 3.63) is 48.3 Å². The zero-order valence-corrected chi connectivity index (χ0v) is 11.9. The number of hydrogen-bond donors (Lipinski definition) is 2. The van der Waals surface area contributed by atoms with Gasteiger partial charge in [-0.2, -0.15) is 5.10 Å². The topological polar surface area (TPSA) is 90.0 Å². The van der Waals surface area contributed by atoms with Crippen molar-refractivity contribution in [2.45, 2.75) is 13.0 Å². The number of rotatable bonds is 7. The van der Waals surface area contributed by atoms with Crippen LogP contribution in [0.2, 0.25) is 0 Å². The molecule has 0 aliphatic rings. The molecular weight excluding hydrogens is 276 g/mol. The van der Waals surface area contributed by atoms with Gasteiger partial charge in [-0.25, -0.2) is 18.2 Å². The molecule has 0 atom stereocenters. The van der Waals surface area contributed by atoms with E-state index in [1.807, 2.05) is 36.5 Å². The summed E-state index contributed by atoms with van der Waals surface area (Å²) in [5.41, 5.74) is 2.14. The van der Waals surface area contributed by atoms with Crippen molar-refractivity contribution in [3.63, 3.8) is 0 Å². The van der Waals surface area contributed by atoms with E-state index in [0.717, 1.165) is 11.3 Å². The molecule has 3 N–H and O–H groups in total. The molecular formula is C13H18N4O2S. The molecule has 20 heavy (non-hydrogen) atoms. The van der Waals surface area contributed by atoms with Crippen molar-refractivity contribution in [1.29, 1.82) is 0 Å². The lowest BCUT2D eigenvalue weighted by atomic mass is 10.2. The molecule has 6 nitrogen and oxygen atoms in total. The highest BCUT2D eigenvalue weighted by atomic mass is 32.2. The number of aromatic nitrogens is 2. The van der Waals surface area contributed by atoms with E-state index in [4.69, 9.17) is 5.14 Å². The van der Waals surface area contributed by atoms with Crippen molar-refractivity contribution in [3.8, 4) is 5.69 Å². The molecule has 0 fully saturated rings. The lowest BCUT2D eigenvalue weighted by Crippen LogP contribution is -2.22. The summed E-state index contributed by atoms with van der Waals surface area (Å²) < 4.78 is 23.3. The van der Waals surface area contributed by atoms with Crippen LogP contribution in [-0.2, 0) is 16.6 Å². The molecule has 0 saturated carbocycles. The minimum absolute atomic E-state index is 0.0121. The highest BCUT2D eigenvalue weighted by Gasteiger charge is 2.01. The maximum Gasteiger partial charge on any atom is 0.209 e. The van der Waals surface area contributed by atoms with E-state index >= 15 is 0 Å². The number of nitrogens with two attached hydrogens (primary N) is 1. The molecule has 0 amide bonds. The lowest BCUT2D eigenvalue weighted by molar-refractivity contribution is 0.590. The quantitative estimate of drug-likeness (QED) is 0.733. The molecule has 0 saturated heterocycles. The first-order valence-electron chi connectivity index (χ1n) is 6.35. The van der Waals surface area contributed by atoms with Gasteiger partial charge in [0.1, 0.15) is 0 Å². The van der Waals surface area contributed by atoms with Crippen LogP contribution in [0.4, 0.5) is 0 Å². The van der Waals surface area contributed by atoms with Gasteiger partial charge in [-0.15, -0.1) is 0 Å². The zero-order valence-electron chi connectivity index (χ0n) is 11.1. The molecule has 0 unspecified atom stereocenters. The first-order chi connectivity index (χ1) is 9.54. The largest absolute Gasteiger partial charge is 0.313 e. The Balaban J connectivity index is 1.77. The summed E-state index contributed by atoms with van der Waals surface area (Å²) in [6.45, 7) is 1.32.